The number of carboxylic acid groups (broad SMARTS) is 1. The van der Waals surface area contributed by atoms with E-state index in [1.807, 2.05) is 0 Å². The van der Waals surface area contributed by atoms with Gasteiger partial charge in [0, 0.05) is 39.9 Å². The number of hydrogen-bond acceptors (Lipinski definition) is 2. The first-order chi connectivity index (χ1) is 11.8. The predicted molar refractivity (Wildman–Crippen MR) is 115 cm³/mol. The Kier molecular flexibility index (Phi) is 21.9. The monoisotopic (exact) mass is 374 g/mol. The van der Waals surface area contributed by atoms with E-state index in [0.717, 1.165) is 12.8 Å². The highest BCUT2D eigenvalue weighted by Gasteiger charge is 2.03. The summed E-state index contributed by atoms with van der Waals surface area (Å²) in [5, 5.41) is 10.2. The summed E-state index contributed by atoms with van der Waals surface area (Å²) in [5.74, 6) is -0.903. The van der Waals surface area contributed by atoms with Crippen LogP contribution in [0.5, 0.6) is 0 Å². The third kappa shape index (κ3) is 40.1. The minimum absolute atomic E-state index is 0.234. The largest absolute Gasteiger partial charge is 0.550 e. The van der Waals surface area contributed by atoms with Crippen LogP contribution in [0.25, 0.3) is 0 Å². The molecule has 25 heavy (non-hydrogen) atoms. The van der Waals surface area contributed by atoms with Crippen LogP contribution in [0.1, 0.15) is 110 Å². The van der Waals surface area contributed by atoms with Crippen molar-refractivity contribution in [3.8, 4) is 0 Å². The van der Waals surface area contributed by atoms with Gasteiger partial charge in [0.1, 0.15) is 0 Å². The highest BCUT2D eigenvalue weighted by Crippen LogP contribution is 2.40. The smallest absolute Gasteiger partial charge is 0.0481 e. The summed E-state index contributed by atoms with van der Waals surface area (Å²) in [7, 11) is -0.389. The first-order valence-corrected chi connectivity index (χ1v) is 14.3. The molecule has 152 valence electrons. The number of carbonyl (C=O) groups is 1. The molecule has 0 N–H and O–H groups in total. The topological polar surface area (TPSA) is 40.1 Å². The van der Waals surface area contributed by atoms with Crippen LogP contribution in [0.4, 0.5) is 0 Å². The highest BCUT2D eigenvalue weighted by molar-refractivity contribution is 7.73. The Bertz CT molecular complexity index is 266. The summed E-state index contributed by atoms with van der Waals surface area (Å²) in [6, 6.07) is 0. The summed E-state index contributed by atoms with van der Waals surface area (Å²) >= 11 is 0. The fraction of sp³-hybridized carbons (Fsp3) is 0.955. The van der Waals surface area contributed by atoms with Crippen LogP contribution < -0.4 is 5.11 Å². The van der Waals surface area contributed by atoms with Gasteiger partial charge in [0.2, 0.25) is 0 Å². The van der Waals surface area contributed by atoms with Crippen LogP contribution in [-0.2, 0) is 4.79 Å². The van der Waals surface area contributed by atoms with Crippen molar-refractivity contribution in [1.82, 2.24) is 0 Å². The third-order valence-corrected chi connectivity index (χ3v) is 3.98. The molecule has 0 atom stereocenters. The van der Waals surface area contributed by atoms with Gasteiger partial charge in [0.25, 0.3) is 0 Å². The van der Waals surface area contributed by atoms with Crippen molar-refractivity contribution < 1.29 is 9.90 Å². The summed E-state index contributed by atoms with van der Waals surface area (Å²) in [6.45, 7) is 11.5. The predicted octanol–water partition coefficient (Wildman–Crippen LogP) is 6.52. The summed E-state index contributed by atoms with van der Waals surface area (Å²) in [6.07, 6.45) is 19.9. The SMILES string of the molecule is CCCCCCCCCCCCCCCCCC(=O)[O-].C[P+](C)(C)C. The van der Waals surface area contributed by atoms with Crippen LogP contribution in [0.3, 0.4) is 0 Å². The van der Waals surface area contributed by atoms with Crippen molar-refractivity contribution in [2.24, 2.45) is 0 Å². The molecule has 0 aromatic heterocycles. The number of unbranched alkanes of at least 4 members (excludes halogenated alkanes) is 14. The van der Waals surface area contributed by atoms with Crippen molar-refractivity contribution in [1.29, 1.82) is 0 Å². The number of carbonyl (C=O) groups excluding carboxylic acids is 1. The molecule has 0 aliphatic heterocycles. The standard InChI is InChI=1S/C18H36O2.C4H12P/c1-2-3-4-5-6-7-8-9-10-11-12-13-14-15-16-17-18(19)20;1-5(2,3)4/h2-17H2,1H3,(H,19,20);1-4H3/q;+1/p-1. The first-order valence-electron chi connectivity index (χ1n) is 10.8. The van der Waals surface area contributed by atoms with E-state index >= 15 is 0 Å². The lowest BCUT2D eigenvalue weighted by atomic mass is 10.0. The quantitative estimate of drug-likeness (QED) is 0.228. The lowest BCUT2D eigenvalue weighted by molar-refractivity contribution is -0.305. The molecular weight excluding hydrogens is 327 g/mol. The highest BCUT2D eigenvalue weighted by atomic mass is 31.2. The third-order valence-electron chi connectivity index (χ3n) is 3.98. The molecule has 0 heterocycles. The number of rotatable bonds is 16. The molecule has 0 aliphatic carbocycles. The van der Waals surface area contributed by atoms with Crippen molar-refractivity contribution in [3.63, 3.8) is 0 Å². The van der Waals surface area contributed by atoms with Gasteiger partial charge in [0.05, 0.1) is 0 Å². The maximum atomic E-state index is 10.2. The van der Waals surface area contributed by atoms with Crippen LogP contribution in [0, 0.1) is 0 Å². The molecule has 0 aliphatic rings. The van der Waals surface area contributed by atoms with Crippen molar-refractivity contribution in [3.05, 3.63) is 0 Å². The number of carboxylic acids is 1. The van der Waals surface area contributed by atoms with Gasteiger partial charge in [-0.25, -0.2) is 0 Å². The molecule has 0 rings (SSSR count). The Hall–Kier alpha value is -0.100. The zero-order valence-electron chi connectivity index (χ0n) is 18.1. The van der Waals surface area contributed by atoms with E-state index in [4.69, 9.17) is 0 Å². The normalized spacial score (nSPS) is 11.1. The molecule has 0 bridgehead atoms. The maximum Gasteiger partial charge on any atom is 0.0481 e. The molecule has 0 unspecified atom stereocenters. The first kappa shape index (κ1) is 27.1. The minimum atomic E-state index is -0.903. The van der Waals surface area contributed by atoms with Crippen LogP contribution in [0.15, 0.2) is 0 Å². The van der Waals surface area contributed by atoms with E-state index in [-0.39, 0.29) is 13.7 Å². The summed E-state index contributed by atoms with van der Waals surface area (Å²) in [5.41, 5.74) is 0. The zero-order chi connectivity index (χ0) is 19.4. The summed E-state index contributed by atoms with van der Waals surface area (Å²) < 4.78 is 0. The van der Waals surface area contributed by atoms with Crippen molar-refractivity contribution in [2.75, 3.05) is 26.7 Å². The van der Waals surface area contributed by atoms with Gasteiger partial charge < -0.3 is 9.90 Å². The van der Waals surface area contributed by atoms with Gasteiger partial charge >= 0.3 is 0 Å². The molecule has 0 amide bonds. The molecule has 0 radical (unpaired) electrons. The zero-order valence-corrected chi connectivity index (χ0v) is 19.0. The Morgan fingerprint density at radius 2 is 0.840 bits per heavy atom. The molecule has 0 fully saturated rings. The van der Waals surface area contributed by atoms with Crippen molar-refractivity contribution in [2.45, 2.75) is 110 Å². The summed E-state index contributed by atoms with van der Waals surface area (Å²) in [4.78, 5) is 10.2. The lowest BCUT2D eigenvalue weighted by Gasteiger charge is -2.04. The number of hydrogen-bond donors (Lipinski definition) is 0. The molecule has 0 saturated carbocycles. The molecule has 3 heteroatoms. The van der Waals surface area contributed by atoms with Gasteiger partial charge in [-0.1, -0.05) is 96.8 Å². The van der Waals surface area contributed by atoms with Gasteiger partial charge in [-0.2, -0.15) is 0 Å². The van der Waals surface area contributed by atoms with Crippen LogP contribution in [-0.4, -0.2) is 32.6 Å². The van der Waals surface area contributed by atoms with Crippen molar-refractivity contribution >= 4 is 13.2 Å². The second kappa shape index (κ2) is 20.2. The van der Waals surface area contributed by atoms with Gasteiger partial charge in [-0.3, -0.25) is 0 Å². The molecule has 2 nitrogen and oxygen atoms in total. The average molecular weight is 375 g/mol. The van der Waals surface area contributed by atoms with Crippen LogP contribution in [0.2, 0.25) is 0 Å². The van der Waals surface area contributed by atoms with E-state index in [1.165, 1.54) is 83.5 Å². The second-order valence-corrected chi connectivity index (χ2v) is 14.1. The molecule has 0 aromatic rings. The van der Waals surface area contributed by atoms with E-state index < -0.39 is 5.97 Å². The molecular formula is C22H47O2P. The van der Waals surface area contributed by atoms with Crippen LogP contribution >= 0.6 is 7.26 Å². The minimum Gasteiger partial charge on any atom is -0.550 e. The van der Waals surface area contributed by atoms with Gasteiger partial charge in [-0.15, -0.1) is 0 Å². The fourth-order valence-electron chi connectivity index (χ4n) is 2.64. The van der Waals surface area contributed by atoms with E-state index in [0.29, 0.717) is 0 Å². The van der Waals surface area contributed by atoms with E-state index in [9.17, 15) is 9.90 Å². The fourth-order valence-corrected chi connectivity index (χ4v) is 2.64. The lowest BCUT2D eigenvalue weighted by Crippen LogP contribution is -2.21. The number of aliphatic carboxylic acids is 1. The average Bonchev–Trinajstić information content (AvgIpc) is 2.49. The Morgan fingerprint density at radius 3 is 1.08 bits per heavy atom. The second-order valence-electron chi connectivity index (χ2n) is 8.76. The Labute approximate surface area is 159 Å². The van der Waals surface area contributed by atoms with E-state index in [1.54, 1.807) is 0 Å². The van der Waals surface area contributed by atoms with E-state index in [2.05, 4.69) is 33.6 Å². The Balaban J connectivity index is 0. The molecule has 0 saturated heterocycles. The van der Waals surface area contributed by atoms with Gasteiger partial charge in [0.15, 0.2) is 0 Å². The Morgan fingerprint density at radius 1 is 0.600 bits per heavy atom. The molecule has 0 spiro atoms. The maximum absolute atomic E-state index is 10.2. The van der Waals surface area contributed by atoms with Gasteiger partial charge in [-0.05, 0) is 12.8 Å². The molecule has 0 aromatic carbocycles.